The molecule has 0 fully saturated rings. The van der Waals surface area contributed by atoms with Gasteiger partial charge in [0.1, 0.15) is 5.03 Å². The highest BCUT2D eigenvalue weighted by Gasteiger charge is 2.09. The van der Waals surface area contributed by atoms with Gasteiger partial charge >= 0.3 is 0 Å². The van der Waals surface area contributed by atoms with Crippen molar-refractivity contribution in [3.8, 4) is 0 Å². The standard InChI is InChI=1S/C13H17N5S/c1-13(2,3)18-8-10-6-16-12(17-7-10)19-11-9-14-4-5-15-11/h4-7,9,18H,8H2,1-3H3. The Labute approximate surface area is 117 Å². The molecular weight excluding hydrogens is 258 g/mol. The Morgan fingerprint density at radius 3 is 2.37 bits per heavy atom. The molecule has 100 valence electrons. The van der Waals surface area contributed by atoms with E-state index in [0.29, 0.717) is 5.16 Å². The summed E-state index contributed by atoms with van der Waals surface area (Å²) in [5.74, 6) is 0. The lowest BCUT2D eigenvalue weighted by Crippen LogP contribution is -2.35. The Morgan fingerprint density at radius 2 is 1.79 bits per heavy atom. The van der Waals surface area contributed by atoms with Crippen LogP contribution in [0.5, 0.6) is 0 Å². The largest absolute Gasteiger partial charge is 0.308 e. The first-order valence-corrected chi connectivity index (χ1v) is 6.84. The second kappa shape index (κ2) is 6.08. The lowest BCUT2D eigenvalue weighted by atomic mass is 10.1. The smallest absolute Gasteiger partial charge is 0.193 e. The van der Waals surface area contributed by atoms with Crippen LogP contribution in [0.1, 0.15) is 26.3 Å². The molecule has 0 aromatic carbocycles. The molecule has 0 unspecified atom stereocenters. The van der Waals surface area contributed by atoms with E-state index in [2.05, 4.69) is 46.0 Å². The summed E-state index contributed by atoms with van der Waals surface area (Å²) in [6.45, 7) is 7.16. The highest BCUT2D eigenvalue weighted by atomic mass is 32.2. The highest BCUT2D eigenvalue weighted by molar-refractivity contribution is 7.99. The van der Waals surface area contributed by atoms with Gasteiger partial charge in [0, 0.05) is 42.4 Å². The topological polar surface area (TPSA) is 63.6 Å². The molecule has 2 aromatic heterocycles. The summed E-state index contributed by atoms with van der Waals surface area (Å²) in [7, 11) is 0. The summed E-state index contributed by atoms with van der Waals surface area (Å²) < 4.78 is 0. The average Bonchev–Trinajstić information content (AvgIpc) is 2.38. The predicted octanol–water partition coefficient (Wildman–Crippen LogP) is 2.31. The summed E-state index contributed by atoms with van der Waals surface area (Å²) in [6, 6.07) is 0. The number of aromatic nitrogens is 4. The molecule has 0 saturated heterocycles. The first kappa shape index (κ1) is 13.9. The lowest BCUT2D eigenvalue weighted by molar-refractivity contribution is 0.423. The Morgan fingerprint density at radius 1 is 1.05 bits per heavy atom. The van der Waals surface area contributed by atoms with Crippen molar-refractivity contribution in [2.75, 3.05) is 0 Å². The van der Waals surface area contributed by atoms with Crippen LogP contribution in [0.3, 0.4) is 0 Å². The van der Waals surface area contributed by atoms with Crippen LogP contribution in [0.15, 0.2) is 41.2 Å². The van der Waals surface area contributed by atoms with E-state index in [1.54, 1.807) is 18.6 Å². The summed E-state index contributed by atoms with van der Waals surface area (Å²) in [5.41, 5.74) is 1.16. The first-order chi connectivity index (χ1) is 9.03. The Bertz CT molecular complexity index is 507. The van der Waals surface area contributed by atoms with Gasteiger partial charge in [-0.2, -0.15) is 0 Å². The molecule has 0 aliphatic carbocycles. The normalized spacial score (nSPS) is 11.5. The molecule has 2 heterocycles. The van der Waals surface area contributed by atoms with Gasteiger partial charge in [-0.15, -0.1) is 0 Å². The highest BCUT2D eigenvalue weighted by Crippen LogP contribution is 2.20. The minimum atomic E-state index is 0.0903. The minimum absolute atomic E-state index is 0.0903. The minimum Gasteiger partial charge on any atom is -0.308 e. The number of hydrogen-bond acceptors (Lipinski definition) is 6. The van der Waals surface area contributed by atoms with Crippen molar-refractivity contribution in [2.45, 2.75) is 43.0 Å². The Kier molecular flexibility index (Phi) is 4.44. The van der Waals surface area contributed by atoms with E-state index in [1.165, 1.54) is 11.8 Å². The van der Waals surface area contributed by atoms with Crippen LogP contribution in [-0.2, 0) is 6.54 Å². The zero-order chi connectivity index (χ0) is 13.7. The fraction of sp³-hybridized carbons (Fsp3) is 0.385. The maximum absolute atomic E-state index is 4.32. The summed E-state index contributed by atoms with van der Waals surface area (Å²) >= 11 is 1.40. The predicted molar refractivity (Wildman–Crippen MR) is 74.8 cm³/mol. The number of nitrogens with one attached hydrogen (secondary N) is 1. The van der Waals surface area contributed by atoms with E-state index >= 15 is 0 Å². The van der Waals surface area contributed by atoms with Gasteiger partial charge in [0.2, 0.25) is 0 Å². The lowest BCUT2D eigenvalue weighted by Gasteiger charge is -2.20. The van der Waals surface area contributed by atoms with Crippen molar-refractivity contribution in [1.29, 1.82) is 0 Å². The molecule has 6 heteroatoms. The maximum Gasteiger partial charge on any atom is 0.193 e. The van der Waals surface area contributed by atoms with Gasteiger partial charge < -0.3 is 5.32 Å². The molecule has 0 spiro atoms. The molecule has 0 aliphatic heterocycles. The molecule has 0 amide bonds. The maximum atomic E-state index is 4.32. The SMILES string of the molecule is CC(C)(C)NCc1cnc(Sc2cnccn2)nc1. The molecule has 2 rings (SSSR count). The van der Waals surface area contributed by atoms with Crippen molar-refractivity contribution in [3.05, 3.63) is 36.5 Å². The van der Waals surface area contributed by atoms with Crippen molar-refractivity contribution >= 4 is 11.8 Å². The van der Waals surface area contributed by atoms with Crippen LogP contribution in [0.4, 0.5) is 0 Å². The zero-order valence-corrected chi connectivity index (χ0v) is 12.1. The number of rotatable bonds is 4. The zero-order valence-electron chi connectivity index (χ0n) is 11.3. The van der Waals surface area contributed by atoms with Gasteiger partial charge in [0.15, 0.2) is 5.16 Å². The molecule has 5 nitrogen and oxygen atoms in total. The van der Waals surface area contributed by atoms with Gasteiger partial charge in [-0.05, 0) is 32.5 Å². The third kappa shape index (κ3) is 4.92. The van der Waals surface area contributed by atoms with Crippen LogP contribution in [0.25, 0.3) is 0 Å². The van der Waals surface area contributed by atoms with E-state index in [-0.39, 0.29) is 5.54 Å². The first-order valence-electron chi connectivity index (χ1n) is 6.03. The molecule has 0 atom stereocenters. The molecule has 0 saturated carbocycles. The van der Waals surface area contributed by atoms with Crippen LogP contribution in [0.2, 0.25) is 0 Å². The summed E-state index contributed by atoms with van der Waals surface area (Å²) in [5, 5.41) is 4.87. The van der Waals surface area contributed by atoms with Crippen LogP contribution in [-0.4, -0.2) is 25.5 Å². The van der Waals surface area contributed by atoms with Crippen LogP contribution in [0, 0.1) is 0 Å². The summed E-state index contributed by atoms with van der Waals surface area (Å²) in [6.07, 6.45) is 8.67. The van der Waals surface area contributed by atoms with Gasteiger partial charge in [-0.3, -0.25) is 4.98 Å². The van der Waals surface area contributed by atoms with E-state index < -0.39 is 0 Å². The number of nitrogens with zero attached hydrogens (tertiary/aromatic N) is 4. The van der Waals surface area contributed by atoms with Crippen molar-refractivity contribution in [1.82, 2.24) is 25.3 Å². The van der Waals surface area contributed by atoms with E-state index in [9.17, 15) is 0 Å². The van der Waals surface area contributed by atoms with Crippen molar-refractivity contribution in [2.24, 2.45) is 0 Å². The third-order valence-corrected chi connectivity index (χ3v) is 3.05. The molecule has 19 heavy (non-hydrogen) atoms. The van der Waals surface area contributed by atoms with E-state index in [0.717, 1.165) is 17.1 Å². The van der Waals surface area contributed by atoms with E-state index in [1.807, 2.05) is 12.4 Å². The molecular formula is C13H17N5S. The van der Waals surface area contributed by atoms with Crippen LogP contribution >= 0.6 is 11.8 Å². The number of hydrogen-bond donors (Lipinski definition) is 1. The van der Waals surface area contributed by atoms with Gasteiger partial charge in [-0.25, -0.2) is 15.0 Å². The average molecular weight is 275 g/mol. The Balaban J connectivity index is 1.95. The molecule has 0 bridgehead atoms. The third-order valence-electron chi connectivity index (χ3n) is 2.24. The van der Waals surface area contributed by atoms with Crippen molar-refractivity contribution < 1.29 is 0 Å². The van der Waals surface area contributed by atoms with Gasteiger partial charge in [-0.1, -0.05) is 0 Å². The second-order valence-corrected chi connectivity index (χ2v) is 6.11. The second-order valence-electron chi connectivity index (χ2n) is 5.12. The van der Waals surface area contributed by atoms with Crippen LogP contribution < -0.4 is 5.32 Å². The molecule has 1 N–H and O–H groups in total. The van der Waals surface area contributed by atoms with E-state index in [4.69, 9.17) is 0 Å². The molecule has 0 aliphatic rings. The van der Waals surface area contributed by atoms with Gasteiger partial charge in [0.05, 0.1) is 6.20 Å². The Hall–Kier alpha value is -1.53. The van der Waals surface area contributed by atoms with Gasteiger partial charge in [0.25, 0.3) is 0 Å². The molecule has 0 radical (unpaired) electrons. The quantitative estimate of drug-likeness (QED) is 0.864. The fourth-order valence-electron chi connectivity index (χ4n) is 1.29. The monoisotopic (exact) mass is 275 g/mol. The fourth-order valence-corrected chi connectivity index (χ4v) is 1.91. The molecule has 2 aromatic rings. The van der Waals surface area contributed by atoms with Crippen molar-refractivity contribution in [3.63, 3.8) is 0 Å². The summed E-state index contributed by atoms with van der Waals surface area (Å²) in [4.78, 5) is 16.8.